The van der Waals surface area contributed by atoms with Crippen molar-refractivity contribution in [2.45, 2.75) is 0 Å². The lowest BCUT2D eigenvalue weighted by Crippen LogP contribution is -2.12. The third-order valence-electron chi connectivity index (χ3n) is 3.31. The first-order valence-corrected chi connectivity index (χ1v) is 7.43. The van der Waals surface area contributed by atoms with Crippen LogP contribution in [0.4, 0.5) is 5.69 Å². The van der Waals surface area contributed by atoms with Crippen molar-refractivity contribution in [2.24, 2.45) is 0 Å². The molecule has 0 unspecified atom stereocenters. The Labute approximate surface area is 141 Å². The zero-order valence-corrected chi connectivity index (χ0v) is 14.0. The Balaban J connectivity index is 2.01. The summed E-state index contributed by atoms with van der Waals surface area (Å²) in [5, 5.41) is 2.82. The van der Waals surface area contributed by atoms with Crippen LogP contribution >= 0.6 is 0 Å². The molecule has 1 amide bonds. The molecule has 0 atom stereocenters. The number of nitrogens with one attached hydrogen (secondary N) is 1. The molecule has 6 heteroatoms. The van der Waals surface area contributed by atoms with Gasteiger partial charge in [-0.25, -0.2) is 0 Å². The second-order valence-corrected chi connectivity index (χ2v) is 4.89. The van der Waals surface area contributed by atoms with Crippen LogP contribution in [0, 0.1) is 0 Å². The van der Waals surface area contributed by atoms with Crippen LogP contribution in [-0.4, -0.2) is 40.5 Å². The smallest absolute Gasteiger partial charge is 0.255 e. The number of carbonyl (C=O) groups excluding carboxylic acids is 1. The highest BCUT2D eigenvalue weighted by Gasteiger charge is 2.09. The largest absolute Gasteiger partial charge is 0.493 e. The fourth-order valence-electron chi connectivity index (χ4n) is 2.06. The van der Waals surface area contributed by atoms with Crippen molar-refractivity contribution in [3.63, 3.8) is 0 Å². The van der Waals surface area contributed by atoms with Crippen molar-refractivity contribution in [3.05, 3.63) is 48.0 Å². The summed E-state index contributed by atoms with van der Waals surface area (Å²) < 4.78 is 20.8. The van der Waals surface area contributed by atoms with Gasteiger partial charge in [0.1, 0.15) is 12.4 Å². The van der Waals surface area contributed by atoms with Gasteiger partial charge in [0.25, 0.3) is 5.91 Å². The first kappa shape index (κ1) is 17.6. The van der Waals surface area contributed by atoms with Gasteiger partial charge in [0.15, 0.2) is 11.5 Å². The molecule has 0 saturated heterocycles. The van der Waals surface area contributed by atoms with Crippen LogP contribution in [-0.2, 0) is 4.74 Å². The SMILES string of the molecule is COCCOc1ccc(C(=O)Nc2ccc(OC)c(OC)c2)cc1. The third kappa shape index (κ3) is 4.63. The van der Waals surface area contributed by atoms with Gasteiger partial charge in [0.05, 0.1) is 20.8 Å². The van der Waals surface area contributed by atoms with Gasteiger partial charge >= 0.3 is 0 Å². The van der Waals surface area contributed by atoms with E-state index in [1.54, 1.807) is 63.8 Å². The first-order chi connectivity index (χ1) is 11.7. The molecule has 0 aliphatic rings. The summed E-state index contributed by atoms with van der Waals surface area (Å²) in [5.41, 5.74) is 1.15. The predicted octanol–water partition coefficient (Wildman–Crippen LogP) is 2.98. The molecule has 2 rings (SSSR count). The Morgan fingerprint density at radius 3 is 2.25 bits per heavy atom. The van der Waals surface area contributed by atoms with E-state index in [0.29, 0.717) is 41.7 Å². The minimum atomic E-state index is -0.217. The number of methoxy groups -OCH3 is 3. The van der Waals surface area contributed by atoms with E-state index in [-0.39, 0.29) is 5.91 Å². The third-order valence-corrected chi connectivity index (χ3v) is 3.31. The molecule has 128 valence electrons. The summed E-state index contributed by atoms with van der Waals surface area (Å²) in [6.07, 6.45) is 0. The van der Waals surface area contributed by atoms with Crippen molar-refractivity contribution in [2.75, 3.05) is 39.9 Å². The van der Waals surface area contributed by atoms with Gasteiger partial charge in [-0.1, -0.05) is 0 Å². The van der Waals surface area contributed by atoms with Crippen LogP contribution in [0.15, 0.2) is 42.5 Å². The average molecular weight is 331 g/mol. The Bertz CT molecular complexity index is 670. The predicted molar refractivity (Wildman–Crippen MR) is 91.3 cm³/mol. The van der Waals surface area contributed by atoms with Crippen LogP contribution in [0.3, 0.4) is 0 Å². The molecule has 0 saturated carbocycles. The molecule has 0 aliphatic carbocycles. The summed E-state index contributed by atoms with van der Waals surface area (Å²) in [6, 6.07) is 12.1. The standard InChI is InChI=1S/C18H21NO5/c1-21-10-11-24-15-7-4-13(5-8-15)18(20)19-14-6-9-16(22-2)17(12-14)23-3/h4-9,12H,10-11H2,1-3H3,(H,19,20). The highest BCUT2D eigenvalue weighted by atomic mass is 16.5. The van der Waals surface area contributed by atoms with Crippen LogP contribution in [0.5, 0.6) is 17.2 Å². The van der Waals surface area contributed by atoms with Crippen molar-refractivity contribution in [1.29, 1.82) is 0 Å². The molecular weight excluding hydrogens is 310 g/mol. The summed E-state index contributed by atoms with van der Waals surface area (Å²) in [6.45, 7) is 0.981. The Morgan fingerprint density at radius 2 is 1.62 bits per heavy atom. The first-order valence-electron chi connectivity index (χ1n) is 7.43. The Morgan fingerprint density at radius 1 is 0.917 bits per heavy atom. The van der Waals surface area contributed by atoms with E-state index < -0.39 is 0 Å². The summed E-state index contributed by atoms with van der Waals surface area (Å²) >= 11 is 0. The van der Waals surface area contributed by atoms with Crippen LogP contribution in [0.1, 0.15) is 10.4 Å². The number of ether oxygens (including phenoxy) is 4. The highest BCUT2D eigenvalue weighted by Crippen LogP contribution is 2.29. The van der Waals surface area contributed by atoms with Gasteiger partial charge in [0, 0.05) is 24.4 Å². The lowest BCUT2D eigenvalue weighted by atomic mass is 10.2. The van der Waals surface area contributed by atoms with E-state index in [1.165, 1.54) is 0 Å². The van der Waals surface area contributed by atoms with Crippen LogP contribution < -0.4 is 19.5 Å². The van der Waals surface area contributed by atoms with Crippen LogP contribution in [0.2, 0.25) is 0 Å². The minimum absolute atomic E-state index is 0.217. The second-order valence-electron chi connectivity index (χ2n) is 4.89. The Hall–Kier alpha value is -2.73. The topological polar surface area (TPSA) is 66.0 Å². The van der Waals surface area contributed by atoms with Crippen molar-refractivity contribution in [3.8, 4) is 17.2 Å². The summed E-state index contributed by atoms with van der Waals surface area (Å²) in [5.74, 6) is 1.63. The van der Waals surface area contributed by atoms with E-state index in [2.05, 4.69) is 5.32 Å². The number of anilines is 1. The van der Waals surface area contributed by atoms with Gasteiger partial charge in [-0.2, -0.15) is 0 Å². The minimum Gasteiger partial charge on any atom is -0.493 e. The molecule has 0 aromatic heterocycles. The number of carbonyl (C=O) groups is 1. The molecule has 0 radical (unpaired) electrons. The molecule has 2 aromatic rings. The molecular formula is C18H21NO5. The fourth-order valence-corrected chi connectivity index (χ4v) is 2.06. The summed E-state index contributed by atoms with van der Waals surface area (Å²) in [7, 11) is 4.73. The molecule has 2 aromatic carbocycles. The van der Waals surface area contributed by atoms with Crippen molar-refractivity contribution in [1.82, 2.24) is 0 Å². The maximum atomic E-state index is 12.3. The quantitative estimate of drug-likeness (QED) is 0.753. The number of rotatable bonds is 8. The zero-order valence-electron chi connectivity index (χ0n) is 14.0. The molecule has 0 aliphatic heterocycles. The van der Waals surface area contributed by atoms with Gasteiger partial charge in [-0.3, -0.25) is 4.79 Å². The number of benzene rings is 2. The number of amides is 1. The maximum absolute atomic E-state index is 12.3. The molecule has 0 heterocycles. The lowest BCUT2D eigenvalue weighted by Gasteiger charge is -2.11. The van der Waals surface area contributed by atoms with E-state index in [0.717, 1.165) is 0 Å². The van der Waals surface area contributed by atoms with Gasteiger partial charge < -0.3 is 24.3 Å². The monoisotopic (exact) mass is 331 g/mol. The fraction of sp³-hybridized carbons (Fsp3) is 0.278. The summed E-state index contributed by atoms with van der Waals surface area (Å²) in [4.78, 5) is 12.3. The molecule has 0 fully saturated rings. The van der Waals surface area contributed by atoms with Crippen molar-refractivity contribution < 1.29 is 23.7 Å². The normalized spacial score (nSPS) is 10.1. The van der Waals surface area contributed by atoms with E-state index in [9.17, 15) is 4.79 Å². The Kier molecular flexibility index (Phi) is 6.45. The number of hydrogen-bond donors (Lipinski definition) is 1. The van der Waals surface area contributed by atoms with E-state index in [4.69, 9.17) is 18.9 Å². The van der Waals surface area contributed by atoms with E-state index in [1.807, 2.05) is 0 Å². The van der Waals surface area contributed by atoms with Crippen molar-refractivity contribution >= 4 is 11.6 Å². The lowest BCUT2D eigenvalue weighted by molar-refractivity contribution is 0.102. The molecule has 24 heavy (non-hydrogen) atoms. The molecule has 0 spiro atoms. The van der Waals surface area contributed by atoms with Gasteiger partial charge in [0.2, 0.25) is 0 Å². The van der Waals surface area contributed by atoms with Gasteiger partial charge in [-0.05, 0) is 36.4 Å². The maximum Gasteiger partial charge on any atom is 0.255 e. The second kappa shape index (κ2) is 8.79. The van der Waals surface area contributed by atoms with E-state index >= 15 is 0 Å². The van der Waals surface area contributed by atoms with Gasteiger partial charge in [-0.15, -0.1) is 0 Å². The molecule has 0 bridgehead atoms. The molecule has 6 nitrogen and oxygen atoms in total. The number of hydrogen-bond acceptors (Lipinski definition) is 5. The zero-order chi connectivity index (χ0) is 17.4. The van der Waals surface area contributed by atoms with Crippen LogP contribution in [0.25, 0.3) is 0 Å². The highest BCUT2D eigenvalue weighted by molar-refractivity contribution is 6.04. The molecule has 1 N–H and O–H groups in total. The average Bonchev–Trinajstić information content (AvgIpc) is 2.62.